The van der Waals surface area contributed by atoms with Gasteiger partial charge in [-0.1, -0.05) is 13.3 Å². The lowest BCUT2D eigenvalue weighted by molar-refractivity contribution is 0.613. The molecule has 1 heterocycles. The van der Waals surface area contributed by atoms with E-state index in [1.807, 2.05) is 0 Å². The van der Waals surface area contributed by atoms with Crippen LogP contribution in [0.25, 0.3) is 0 Å². The highest BCUT2D eigenvalue weighted by atomic mass is 19.1. The molecule has 70 valence electrons. The maximum absolute atomic E-state index is 12.4. The molecule has 2 unspecified atom stereocenters. The van der Waals surface area contributed by atoms with Crippen molar-refractivity contribution in [1.82, 2.24) is 9.97 Å². The minimum Gasteiger partial charge on any atom is -0.351 e. The lowest BCUT2D eigenvalue weighted by Crippen LogP contribution is -2.07. The molecule has 0 saturated heterocycles. The molecule has 1 aromatic rings. The molecule has 1 N–H and O–H groups in total. The number of rotatable bonds is 3. The van der Waals surface area contributed by atoms with Crippen LogP contribution in [0.4, 0.5) is 10.3 Å². The number of nitrogens with zero attached hydrogens (tertiary/aromatic N) is 2. The summed E-state index contributed by atoms with van der Waals surface area (Å²) in [6.45, 7) is 2.16. The van der Waals surface area contributed by atoms with Gasteiger partial charge in [0.05, 0.1) is 12.4 Å². The van der Waals surface area contributed by atoms with Gasteiger partial charge in [0.2, 0.25) is 5.95 Å². The predicted octanol–water partition coefficient (Wildman–Crippen LogP) is 1.83. The fourth-order valence-corrected chi connectivity index (χ4v) is 1.43. The maximum atomic E-state index is 12.4. The summed E-state index contributed by atoms with van der Waals surface area (Å²) in [5.41, 5.74) is 0. The van der Waals surface area contributed by atoms with Crippen molar-refractivity contribution < 1.29 is 4.39 Å². The fraction of sp³-hybridized carbons (Fsp3) is 0.556. The van der Waals surface area contributed by atoms with Crippen molar-refractivity contribution in [1.29, 1.82) is 0 Å². The maximum Gasteiger partial charge on any atom is 0.223 e. The normalized spacial score (nSPS) is 25.7. The first-order valence-electron chi connectivity index (χ1n) is 4.53. The van der Waals surface area contributed by atoms with Crippen molar-refractivity contribution in [2.24, 2.45) is 5.92 Å². The van der Waals surface area contributed by atoms with Gasteiger partial charge in [-0.05, 0) is 12.3 Å². The zero-order chi connectivity index (χ0) is 9.26. The standard InChI is InChI=1S/C9H12FN3/c1-2-6-3-8(6)13-9-11-4-7(10)5-12-9/h4-6,8H,2-3H2,1H3,(H,11,12,13). The molecule has 0 bridgehead atoms. The second-order valence-electron chi connectivity index (χ2n) is 3.38. The Morgan fingerprint density at radius 3 is 2.77 bits per heavy atom. The third-order valence-corrected chi connectivity index (χ3v) is 2.38. The highest BCUT2D eigenvalue weighted by molar-refractivity contribution is 5.28. The summed E-state index contributed by atoms with van der Waals surface area (Å²) in [6.07, 6.45) is 4.72. The van der Waals surface area contributed by atoms with Crippen LogP contribution in [0.5, 0.6) is 0 Å². The zero-order valence-corrected chi connectivity index (χ0v) is 7.50. The molecule has 1 fully saturated rings. The van der Waals surface area contributed by atoms with Gasteiger partial charge in [-0.15, -0.1) is 0 Å². The van der Waals surface area contributed by atoms with Crippen LogP contribution < -0.4 is 5.32 Å². The highest BCUT2D eigenvalue weighted by Crippen LogP contribution is 2.35. The summed E-state index contributed by atoms with van der Waals surface area (Å²) < 4.78 is 12.4. The number of hydrogen-bond donors (Lipinski definition) is 1. The molecule has 1 aliphatic carbocycles. The van der Waals surface area contributed by atoms with Crippen LogP contribution in [0.15, 0.2) is 12.4 Å². The van der Waals surface area contributed by atoms with Crippen molar-refractivity contribution >= 4 is 5.95 Å². The summed E-state index contributed by atoms with van der Waals surface area (Å²) in [4.78, 5) is 7.66. The predicted molar refractivity (Wildman–Crippen MR) is 47.8 cm³/mol. The third kappa shape index (κ3) is 1.94. The van der Waals surface area contributed by atoms with E-state index in [2.05, 4.69) is 22.2 Å². The zero-order valence-electron chi connectivity index (χ0n) is 7.50. The minimum absolute atomic E-state index is 0.395. The van der Waals surface area contributed by atoms with Gasteiger partial charge in [-0.3, -0.25) is 0 Å². The third-order valence-electron chi connectivity index (χ3n) is 2.38. The number of aromatic nitrogens is 2. The van der Waals surface area contributed by atoms with Crippen molar-refractivity contribution in [3.8, 4) is 0 Å². The number of hydrogen-bond acceptors (Lipinski definition) is 3. The summed E-state index contributed by atoms with van der Waals surface area (Å²) in [6, 6.07) is 0.496. The fourth-order valence-electron chi connectivity index (χ4n) is 1.43. The molecular weight excluding hydrogens is 169 g/mol. The van der Waals surface area contributed by atoms with Crippen molar-refractivity contribution in [2.75, 3.05) is 5.32 Å². The Hall–Kier alpha value is -1.19. The Labute approximate surface area is 76.4 Å². The number of nitrogens with one attached hydrogen (secondary N) is 1. The molecule has 0 radical (unpaired) electrons. The first kappa shape index (κ1) is 8.41. The monoisotopic (exact) mass is 181 g/mol. The summed E-state index contributed by atoms with van der Waals surface area (Å²) >= 11 is 0. The van der Waals surface area contributed by atoms with Crippen LogP contribution in [-0.2, 0) is 0 Å². The van der Waals surface area contributed by atoms with Crippen LogP contribution in [-0.4, -0.2) is 16.0 Å². The average Bonchev–Trinajstić information content (AvgIpc) is 2.88. The molecule has 1 aliphatic rings. The van der Waals surface area contributed by atoms with Gasteiger partial charge in [-0.2, -0.15) is 0 Å². The minimum atomic E-state index is -0.395. The Balaban J connectivity index is 1.92. The number of anilines is 1. The first-order valence-corrected chi connectivity index (χ1v) is 4.53. The van der Waals surface area contributed by atoms with E-state index >= 15 is 0 Å². The largest absolute Gasteiger partial charge is 0.351 e. The average molecular weight is 181 g/mol. The van der Waals surface area contributed by atoms with Crippen LogP contribution in [0.2, 0.25) is 0 Å². The van der Waals surface area contributed by atoms with E-state index in [9.17, 15) is 4.39 Å². The Morgan fingerprint density at radius 2 is 2.23 bits per heavy atom. The lowest BCUT2D eigenvalue weighted by atomic mass is 10.3. The van der Waals surface area contributed by atoms with Crippen molar-refractivity contribution in [3.63, 3.8) is 0 Å². The van der Waals surface area contributed by atoms with Gasteiger partial charge in [0.1, 0.15) is 0 Å². The van der Waals surface area contributed by atoms with E-state index in [0.717, 1.165) is 5.92 Å². The van der Waals surface area contributed by atoms with E-state index in [0.29, 0.717) is 12.0 Å². The molecule has 3 nitrogen and oxygen atoms in total. The van der Waals surface area contributed by atoms with E-state index in [1.54, 1.807) is 0 Å². The Bertz CT molecular complexity index is 285. The van der Waals surface area contributed by atoms with Gasteiger partial charge in [-0.25, -0.2) is 14.4 Å². The Kier molecular flexibility index (Phi) is 2.12. The van der Waals surface area contributed by atoms with E-state index in [1.165, 1.54) is 25.2 Å². The SMILES string of the molecule is CCC1CC1Nc1ncc(F)cn1. The molecule has 13 heavy (non-hydrogen) atoms. The molecule has 2 rings (SSSR count). The first-order chi connectivity index (χ1) is 6.29. The molecule has 4 heteroatoms. The van der Waals surface area contributed by atoms with E-state index < -0.39 is 5.82 Å². The molecule has 1 aromatic heterocycles. The quantitative estimate of drug-likeness (QED) is 0.773. The van der Waals surface area contributed by atoms with Crippen molar-refractivity contribution in [3.05, 3.63) is 18.2 Å². The molecule has 0 aromatic carbocycles. The van der Waals surface area contributed by atoms with Crippen LogP contribution in [0.3, 0.4) is 0 Å². The van der Waals surface area contributed by atoms with Crippen LogP contribution in [0.1, 0.15) is 19.8 Å². The second kappa shape index (κ2) is 3.28. The highest BCUT2D eigenvalue weighted by Gasteiger charge is 2.35. The topological polar surface area (TPSA) is 37.8 Å². The molecule has 1 saturated carbocycles. The lowest BCUT2D eigenvalue weighted by Gasteiger charge is -2.01. The van der Waals surface area contributed by atoms with Gasteiger partial charge in [0, 0.05) is 6.04 Å². The van der Waals surface area contributed by atoms with Gasteiger partial charge in [0.25, 0.3) is 0 Å². The molecule has 0 aliphatic heterocycles. The molecule has 2 atom stereocenters. The van der Waals surface area contributed by atoms with Crippen molar-refractivity contribution in [2.45, 2.75) is 25.8 Å². The summed E-state index contributed by atoms with van der Waals surface area (Å²) in [5.74, 6) is 0.879. The molecule has 0 spiro atoms. The smallest absolute Gasteiger partial charge is 0.223 e. The second-order valence-corrected chi connectivity index (χ2v) is 3.38. The molecule has 0 amide bonds. The molecular formula is C9H12FN3. The number of halogens is 1. The van der Waals surface area contributed by atoms with Gasteiger partial charge in [0.15, 0.2) is 5.82 Å². The van der Waals surface area contributed by atoms with E-state index in [4.69, 9.17) is 0 Å². The van der Waals surface area contributed by atoms with Crippen LogP contribution in [0, 0.1) is 11.7 Å². The van der Waals surface area contributed by atoms with Gasteiger partial charge < -0.3 is 5.32 Å². The summed E-state index contributed by atoms with van der Waals surface area (Å²) in [5, 5.41) is 3.16. The summed E-state index contributed by atoms with van der Waals surface area (Å²) in [7, 11) is 0. The Morgan fingerprint density at radius 1 is 1.54 bits per heavy atom. The van der Waals surface area contributed by atoms with Crippen LogP contribution >= 0.6 is 0 Å². The van der Waals surface area contributed by atoms with E-state index in [-0.39, 0.29) is 0 Å². The van der Waals surface area contributed by atoms with Gasteiger partial charge >= 0.3 is 0 Å².